The van der Waals surface area contributed by atoms with Crippen molar-refractivity contribution in [1.82, 2.24) is 20.2 Å². The van der Waals surface area contributed by atoms with Crippen molar-refractivity contribution in [3.63, 3.8) is 0 Å². The van der Waals surface area contributed by atoms with E-state index in [4.69, 9.17) is 0 Å². The highest BCUT2D eigenvalue weighted by atomic mass is 19.4. The molecule has 8 nitrogen and oxygen atoms in total. The van der Waals surface area contributed by atoms with Gasteiger partial charge in [0.25, 0.3) is 11.8 Å². The van der Waals surface area contributed by atoms with Gasteiger partial charge in [-0.15, -0.1) is 0 Å². The zero-order valence-corrected chi connectivity index (χ0v) is 25.4. The highest BCUT2D eigenvalue weighted by molar-refractivity contribution is 6.09. The summed E-state index contributed by atoms with van der Waals surface area (Å²) in [6.45, 7) is 1.33. The molecule has 3 amide bonds. The Balaban J connectivity index is 1.22. The zero-order chi connectivity index (χ0) is 33.1. The minimum atomic E-state index is -4.48. The van der Waals surface area contributed by atoms with Gasteiger partial charge in [-0.1, -0.05) is 42.5 Å². The summed E-state index contributed by atoms with van der Waals surface area (Å²) < 4.78 is 39.2. The Labute approximate surface area is 268 Å². The molecule has 0 bridgehead atoms. The van der Waals surface area contributed by atoms with Crippen LogP contribution in [-0.4, -0.2) is 52.7 Å². The summed E-state index contributed by atoms with van der Waals surface area (Å²) in [5, 5.41) is 3.57. The number of nitrogens with one attached hydrogen (secondary N) is 1. The lowest BCUT2D eigenvalue weighted by atomic mass is 10.0. The van der Waals surface area contributed by atoms with Crippen LogP contribution in [0.1, 0.15) is 50.7 Å². The van der Waals surface area contributed by atoms with E-state index in [1.54, 1.807) is 54.4 Å². The highest BCUT2D eigenvalue weighted by Gasteiger charge is 2.31. The number of carbonyl (C=O) groups excluding carboxylic acids is 3. The second-order valence-corrected chi connectivity index (χ2v) is 11.3. The van der Waals surface area contributed by atoms with Crippen LogP contribution in [0.5, 0.6) is 0 Å². The molecule has 11 heteroatoms. The molecule has 238 valence electrons. The quantitative estimate of drug-likeness (QED) is 0.215. The normalized spacial score (nSPS) is 13.7. The molecule has 6 rings (SSSR count). The van der Waals surface area contributed by atoms with E-state index in [-0.39, 0.29) is 17.2 Å². The van der Waals surface area contributed by atoms with Crippen molar-refractivity contribution in [3.8, 4) is 11.3 Å². The molecule has 3 heterocycles. The Morgan fingerprint density at radius 3 is 2.30 bits per heavy atom. The van der Waals surface area contributed by atoms with Crippen LogP contribution in [0, 0.1) is 0 Å². The third kappa shape index (κ3) is 6.69. The number of benzene rings is 3. The molecule has 1 fully saturated rings. The SMILES string of the molecule is CN(C(=O)c1cccnc1-c1ccc(C(F)(F)F)cc1)c1ccc2cc(C(=O)N[C@H](C(=O)N3CCCC3)c3ccccc3)ccc2n1. The standard InChI is InChI=1S/C36H30F3N5O3/c1-43(34(46)28-10-7-19-40-31(28)24-11-15-27(16-12-24)36(37,38)39)30-18-14-25-22-26(13-17-29(25)41-30)33(45)42-32(23-8-3-2-4-9-23)35(47)44-20-5-6-21-44/h2-4,7-19,22,32H,5-6,20-21H2,1H3,(H,42,45)/t32-/m0/s1. The van der Waals surface area contributed by atoms with Crippen LogP contribution in [0.3, 0.4) is 0 Å². The lowest BCUT2D eigenvalue weighted by Gasteiger charge is -2.24. The fourth-order valence-electron chi connectivity index (χ4n) is 5.62. The van der Waals surface area contributed by atoms with Crippen molar-refractivity contribution in [2.75, 3.05) is 25.0 Å². The van der Waals surface area contributed by atoms with Gasteiger partial charge in [0, 0.05) is 42.8 Å². The average molecular weight is 638 g/mol. The lowest BCUT2D eigenvalue weighted by molar-refractivity contribution is -0.137. The Morgan fingerprint density at radius 1 is 0.872 bits per heavy atom. The van der Waals surface area contributed by atoms with Crippen molar-refractivity contribution in [1.29, 1.82) is 0 Å². The molecule has 1 atom stereocenters. The first-order chi connectivity index (χ1) is 22.6. The van der Waals surface area contributed by atoms with Crippen molar-refractivity contribution in [3.05, 3.63) is 126 Å². The molecular formula is C36H30F3N5O3. The van der Waals surface area contributed by atoms with Crippen LogP contribution >= 0.6 is 0 Å². The number of hydrogen-bond donors (Lipinski definition) is 1. The largest absolute Gasteiger partial charge is 0.416 e. The molecule has 0 unspecified atom stereocenters. The average Bonchev–Trinajstić information content (AvgIpc) is 3.65. The maximum Gasteiger partial charge on any atom is 0.416 e. The lowest BCUT2D eigenvalue weighted by Crippen LogP contribution is -2.41. The van der Waals surface area contributed by atoms with E-state index in [0.29, 0.717) is 46.5 Å². The number of likely N-dealkylation sites (tertiary alicyclic amines) is 1. The summed E-state index contributed by atoms with van der Waals surface area (Å²) in [5.41, 5.74) is 1.59. The Bertz CT molecular complexity index is 1940. The zero-order valence-electron chi connectivity index (χ0n) is 25.4. The topological polar surface area (TPSA) is 95.5 Å². The number of aromatic nitrogens is 2. The van der Waals surface area contributed by atoms with Crippen LogP contribution in [0.4, 0.5) is 19.0 Å². The number of hydrogen-bond acceptors (Lipinski definition) is 5. The molecule has 0 radical (unpaired) electrons. The molecular weight excluding hydrogens is 607 g/mol. The fraction of sp³-hybridized carbons (Fsp3) is 0.194. The van der Waals surface area contributed by atoms with Crippen LogP contribution in [0.2, 0.25) is 0 Å². The molecule has 47 heavy (non-hydrogen) atoms. The number of rotatable bonds is 7. The number of carbonyl (C=O) groups is 3. The Kier molecular flexibility index (Phi) is 8.71. The predicted molar refractivity (Wildman–Crippen MR) is 172 cm³/mol. The third-order valence-electron chi connectivity index (χ3n) is 8.18. The molecule has 3 aromatic carbocycles. The molecule has 1 aliphatic rings. The smallest absolute Gasteiger partial charge is 0.341 e. The Hall–Kier alpha value is -5.58. The molecule has 0 spiro atoms. The van der Waals surface area contributed by atoms with Crippen molar-refractivity contribution >= 4 is 34.4 Å². The van der Waals surface area contributed by atoms with Gasteiger partial charge in [0.2, 0.25) is 5.91 Å². The first-order valence-corrected chi connectivity index (χ1v) is 15.1. The van der Waals surface area contributed by atoms with Crippen molar-refractivity contribution in [2.24, 2.45) is 0 Å². The first kappa shape index (κ1) is 31.4. The number of nitrogens with zero attached hydrogens (tertiary/aromatic N) is 4. The van der Waals surface area contributed by atoms with E-state index in [2.05, 4.69) is 15.3 Å². The summed E-state index contributed by atoms with van der Waals surface area (Å²) in [7, 11) is 1.54. The fourth-order valence-corrected chi connectivity index (χ4v) is 5.62. The maximum absolute atomic E-state index is 13.6. The minimum absolute atomic E-state index is 0.142. The van der Waals surface area contributed by atoms with E-state index in [0.717, 1.165) is 25.0 Å². The van der Waals surface area contributed by atoms with Crippen LogP contribution < -0.4 is 10.2 Å². The monoisotopic (exact) mass is 637 g/mol. The highest BCUT2D eigenvalue weighted by Crippen LogP contribution is 2.32. The van der Waals surface area contributed by atoms with Gasteiger partial charge < -0.3 is 10.2 Å². The number of fused-ring (bicyclic) bond motifs is 1. The van der Waals surface area contributed by atoms with Crippen LogP contribution in [0.25, 0.3) is 22.2 Å². The van der Waals surface area contributed by atoms with Gasteiger partial charge in [-0.3, -0.25) is 24.3 Å². The summed E-state index contributed by atoms with van der Waals surface area (Å²) in [5.74, 6) is -0.679. The molecule has 2 aromatic heterocycles. The number of halogens is 3. The molecule has 0 aliphatic carbocycles. The number of alkyl halides is 3. The van der Waals surface area contributed by atoms with Gasteiger partial charge in [-0.2, -0.15) is 13.2 Å². The second kappa shape index (κ2) is 13.0. The van der Waals surface area contributed by atoms with Crippen LogP contribution in [0.15, 0.2) is 103 Å². The predicted octanol–water partition coefficient (Wildman–Crippen LogP) is 6.69. The number of pyridine rings is 2. The van der Waals surface area contributed by atoms with Gasteiger partial charge in [0.15, 0.2) is 0 Å². The molecule has 1 N–H and O–H groups in total. The Morgan fingerprint density at radius 2 is 1.60 bits per heavy atom. The molecule has 1 aliphatic heterocycles. The number of amides is 3. The summed E-state index contributed by atoms with van der Waals surface area (Å²) in [4.78, 5) is 52.4. The summed E-state index contributed by atoms with van der Waals surface area (Å²) in [6, 6.07) is 24.3. The van der Waals surface area contributed by atoms with E-state index in [9.17, 15) is 27.6 Å². The van der Waals surface area contributed by atoms with Gasteiger partial charge >= 0.3 is 6.18 Å². The van der Waals surface area contributed by atoms with E-state index >= 15 is 0 Å². The number of anilines is 1. The maximum atomic E-state index is 13.6. The third-order valence-corrected chi connectivity index (χ3v) is 8.18. The van der Waals surface area contributed by atoms with E-state index in [1.807, 2.05) is 30.3 Å². The van der Waals surface area contributed by atoms with Crippen LogP contribution in [-0.2, 0) is 11.0 Å². The molecule has 0 saturated carbocycles. The molecule has 1 saturated heterocycles. The summed E-state index contributed by atoms with van der Waals surface area (Å²) >= 11 is 0. The van der Waals surface area contributed by atoms with Gasteiger partial charge in [-0.05, 0) is 73.0 Å². The van der Waals surface area contributed by atoms with Gasteiger partial charge in [0.05, 0.1) is 22.3 Å². The van der Waals surface area contributed by atoms with E-state index < -0.39 is 29.6 Å². The van der Waals surface area contributed by atoms with E-state index in [1.165, 1.54) is 23.2 Å². The van der Waals surface area contributed by atoms with Gasteiger partial charge in [-0.25, -0.2) is 4.98 Å². The van der Waals surface area contributed by atoms with Gasteiger partial charge in [0.1, 0.15) is 11.9 Å². The molecule has 5 aromatic rings. The van der Waals surface area contributed by atoms with Crippen molar-refractivity contribution < 1.29 is 27.6 Å². The minimum Gasteiger partial charge on any atom is -0.341 e. The first-order valence-electron chi connectivity index (χ1n) is 15.1. The summed E-state index contributed by atoms with van der Waals surface area (Å²) in [6.07, 6.45) is -1.14. The second-order valence-electron chi connectivity index (χ2n) is 11.3. The van der Waals surface area contributed by atoms with Crippen molar-refractivity contribution in [2.45, 2.75) is 25.1 Å².